The summed E-state index contributed by atoms with van der Waals surface area (Å²) in [4.78, 5) is 0. The van der Waals surface area contributed by atoms with Gasteiger partial charge in [0.2, 0.25) is 0 Å². The Morgan fingerprint density at radius 2 is 1.19 bits per heavy atom. The normalized spacial score (nSPS) is 50.0. The van der Waals surface area contributed by atoms with Crippen molar-refractivity contribution < 1.29 is 79.5 Å². The van der Waals surface area contributed by atoms with Crippen LogP contribution >= 0.6 is 0 Å². The van der Waals surface area contributed by atoms with Gasteiger partial charge in [-0.2, -0.15) is 0 Å². The first-order chi connectivity index (χ1) is 29.9. The molecule has 0 spiro atoms. The summed E-state index contributed by atoms with van der Waals surface area (Å²) < 4.78 is 35.0. The van der Waals surface area contributed by atoms with E-state index in [-0.39, 0.29) is 11.5 Å². The van der Waals surface area contributed by atoms with Gasteiger partial charge in [-0.15, -0.1) is 0 Å². The van der Waals surface area contributed by atoms with Gasteiger partial charge in [0, 0.05) is 0 Å². The molecule has 6 fully saturated rings. The van der Waals surface area contributed by atoms with Crippen LogP contribution in [0.5, 0.6) is 0 Å². The average molecular weight is 901 g/mol. The minimum Gasteiger partial charge on any atom is -0.394 e. The van der Waals surface area contributed by atoms with Crippen molar-refractivity contribution in [3.8, 4) is 0 Å². The Hall–Kier alpha value is -0.900. The van der Waals surface area contributed by atoms with Gasteiger partial charge < -0.3 is 79.5 Å². The van der Waals surface area contributed by atoms with Crippen molar-refractivity contribution in [2.45, 2.75) is 210 Å². The Morgan fingerprint density at radius 1 is 0.635 bits per heavy atom. The predicted molar refractivity (Wildman–Crippen MR) is 226 cm³/mol. The van der Waals surface area contributed by atoms with E-state index in [0.717, 1.165) is 48.9 Å². The van der Waals surface area contributed by atoms with E-state index in [0.29, 0.717) is 23.7 Å². The summed E-state index contributed by atoms with van der Waals surface area (Å²) in [5.41, 5.74) is 1.84. The Kier molecular flexibility index (Phi) is 16.2. The standard InChI is InChI=1S/C47H80O16/c1-7-24(22(2)3)9-8-23(4)28-12-13-29-27-11-10-25-18-26(14-16-46(25,5)30(27)15-17-47(28,29)6)58-43-39(56)36(53)41(32(20-49)60-43)63-45-40(57)37(54)42(33(21-50)61-45)62-44-38(55)35(52)34(51)31(19-48)59-44/h10,22-24,26-45,48-57H,7-9,11-21H2,1-6H3/t23-,24-,26+,27+,28-,29+,30+,31-,32-,33-,34-,35+,36-,37-,38-,39-,40-,41-,42-,43-,44+,45+,46+,47-/m1/s1. The molecule has 0 aromatic rings. The first-order valence-electron chi connectivity index (χ1n) is 24.1. The Morgan fingerprint density at radius 3 is 1.75 bits per heavy atom. The molecule has 16 heteroatoms. The molecule has 63 heavy (non-hydrogen) atoms. The smallest absolute Gasteiger partial charge is 0.187 e. The fourth-order valence-electron chi connectivity index (χ4n) is 13.8. The second kappa shape index (κ2) is 20.4. The molecule has 4 aliphatic carbocycles. The highest BCUT2D eigenvalue weighted by Crippen LogP contribution is 2.67. The van der Waals surface area contributed by atoms with Crippen LogP contribution in [0.15, 0.2) is 11.6 Å². The van der Waals surface area contributed by atoms with E-state index in [9.17, 15) is 51.1 Å². The number of allylic oxidation sites excluding steroid dienone is 1. The molecule has 16 nitrogen and oxygen atoms in total. The van der Waals surface area contributed by atoms with Crippen molar-refractivity contribution in [1.82, 2.24) is 0 Å². The van der Waals surface area contributed by atoms with Crippen LogP contribution in [0.2, 0.25) is 0 Å². The molecule has 0 bridgehead atoms. The minimum absolute atomic E-state index is 0.0637. The van der Waals surface area contributed by atoms with Gasteiger partial charge in [0.25, 0.3) is 0 Å². The molecule has 3 aliphatic heterocycles. The lowest BCUT2D eigenvalue weighted by atomic mass is 9.47. The maximum atomic E-state index is 11.4. The van der Waals surface area contributed by atoms with Gasteiger partial charge in [-0.3, -0.25) is 0 Å². The highest BCUT2D eigenvalue weighted by Gasteiger charge is 2.60. The van der Waals surface area contributed by atoms with E-state index in [2.05, 4.69) is 47.6 Å². The van der Waals surface area contributed by atoms with Crippen molar-refractivity contribution in [3.05, 3.63) is 11.6 Å². The van der Waals surface area contributed by atoms with Gasteiger partial charge in [0.05, 0.1) is 25.9 Å². The molecule has 3 saturated heterocycles. The number of ether oxygens (including phenoxy) is 6. The molecule has 3 heterocycles. The van der Waals surface area contributed by atoms with Gasteiger partial charge in [-0.25, -0.2) is 0 Å². The number of rotatable bonds is 15. The van der Waals surface area contributed by atoms with Crippen LogP contribution in [0.1, 0.15) is 112 Å². The molecule has 0 radical (unpaired) electrons. The second-order valence-electron chi connectivity index (χ2n) is 21.3. The van der Waals surface area contributed by atoms with E-state index in [1.54, 1.807) is 0 Å². The number of aliphatic hydroxyl groups is 10. The van der Waals surface area contributed by atoms with E-state index in [4.69, 9.17) is 28.4 Å². The highest BCUT2D eigenvalue weighted by atomic mass is 16.8. The van der Waals surface area contributed by atoms with Crippen LogP contribution in [-0.2, 0) is 28.4 Å². The average Bonchev–Trinajstić information content (AvgIpc) is 3.63. The van der Waals surface area contributed by atoms with Crippen LogP contribution < -0.4 is 0 Å². The maximum absolute atomic E-state index is 11.4. The minimum atomic E-state index is -1.90. The second-order valence-corrected chi connectivity index (χ2v) is 21.3. The first-order valence-corrected chi connectivity index (χ1v) is 24.1. The Bertz CT molecular complexity index is 1510. The Labute approximate surface area is 372 Å². The summed E-state index contributed by atoms with van der Waals surface area (Å²) >= 11 is 0. The molecule has 0 aromatic heterocycles. The molecular weight excluding hydrogens is 821 g/mol. The zero-order chi connectivity index (χ0) is 45.7. The molecule has 24 atom stereocenters. The number of aliphatic hydroxyl groups excluding tert-OH is 10. The molecule has 364 valence electrons. The quantitative estimate of drug-likeness (QED) is 0.105. The van der Waals surface area contributed by atoms with E-state index in [1.165, 1.54) is 50.5 Å². The van der Waals surface area contributed by atoms with Gasteiger partial charge in [0.1, 0.15) is 73.2 Å². The molecular formula is C47H80O16. The van der Waals surface area contributed by atoms with Crippen molar-refractivity contribution in [2.75, 3.05) is 19.8 Å². The Balaban J connectivity index is 0.948. The number of hydrogen-bond acceptors (Lipinski definition) is 16. The van der Waals surface area contributed by atoms with Crippen molar-refractivity contribution >= 4 is 0 Å². The van der Waals surface area contributed by atoms with E-state index in [1.807, 2.05) is 0 Å². The van der Waals surface area contributed by atoms with Crippen molar-refractivity contribution in [1.29, 1.82) is 0 Å². The van der Waals surface area contributed by atoms with Crippen LogP contribution in [0.25, 0.3) is 0 Å². The van der Waals surface area contributed by atoms with Crippen LogP contribution in [0.3, 0.4) is 0 Å². The summed E-state index contributed by atoms with van der Waals surface area (Å²) in [6.07, 6.45) is -9.41. The number of fused-ring (bicyclic) bond motifs is 5. The molecule has 10 N–H and O–H groups in total. The fraction of sp³-hybridized carbons (Fsp3) is 0.957. The zero-order valence-corrected chi connectivity index (χ0v) is 38.2. The summed E-state index contributed by atoms with van der Waals surface area (Å²) in [6, 6.07) is 0. The van der Waals surface area contributed by atoms with Crippen LogP contribution in [0, 0.1) is 52.3 Å². The van der Waals surface area contributed by atoms with Crippen LogP contribution in [-0.4, -0.2) is 169 Å². The highest BCUT2D eigenvalue weighted by molar-refractivity contribution is 5.25. The molecule has 7 rings (SSSR count). The van der Waals surface area contributed by atoms with Gasteiger partial charge in [-0.05, 0) is 110 Å². The number of hydrogen-bond donors (Lipinski definition) is 10. The van der Waals surface area contributed by atoms with Crippen molar-refractivity contribution in [2.24, 2.45) is 52.3 Å². The third-order valence-corrected chi connectivity index (χ3v) is 17.7. The topological polar surface area (TPSA) is 258 Å². The molecule has 0 amide bonds. The molecule has 0 aromatic carbocycles. The third kappa shape index (κ3) is 9.47. The lowest BCUT2D eigenvalue weighted by Gasteiger charge is -2.58. The predicted octanol–water partition coefficient (Wildman–Crippen LogP) is 1.50. The van der Waals surface area contributed by atoms with Crippen molar-refractivity contribution in [3.63, 3.8) is 0 Å². The lowest BCUT2D eigenvalue weighted by molar-refractivity contribution is -0.381. The molecule has 7 aliphatic rings. The van der Waals surface area contributed by atoms with Gasteiger partial charge >= 0.3 is 0 Å². The first kappa shape index (κ1) is 50.0. The third-order valence-electron chi connectivity index (χ3n) is 17.7. The molecule has 3 saturated carbocycles. The largest absolute Gasteiger partial charge is 0.394 e. The fourth-order valence-corrected chi connectivity index (χ4v) is 13.8. The zero-order valence-electron chi connectivity index (χ0n) is 38.2. The van der Waals surface area contributed by atoms with Crippen LogP contribution in [0.4, 0.5) is 0 Å². The lowest BCUT2D eigenvalue weighted by Crippen LogP contribution is -2.66. The maximum Gasteiger partial charge on any atom is 0.187 e. The molecule has 0 unspecified atom stereocenters. The summed E-state index contributed by atoms with van der Waals surface area (Å²) in [5, 5.41) is 106. The van der Waals surface area contributed by atoms with E-state index >= 15 is 0 Å². The monoisotopic (exact) mass is 901 g/mol. The van der Waals surface area contributed by atoms with Gasteiger partial charge in [-0.1, -0.05) is 66.0 Å². The summed E-state index contributed by atoms with van der Waals surface area (Å²) in [5.74, 6) is 5.09. The van der Waals surface area contributed by atoms with E-state index < -0.39 is 112 Å². The van der Waals surface area contributed by atoms with Gasteiger partial charge in [0.15, 0.2) is 18.9 Å². The SMILES string of the molecule is CC[C@H](CC[C@@H](C)[C@H]1CC[C@H]2[C@@H]3CC=C4C[C@@H](O[C@@H]5O[C@H](CO)[C@@H](O[C@@H]6O[C@H](CO)[C@@H](O[C@@H]7O[C@H](CO)[C@@H](O)[C@H](O)[C@H]7O)[C@H](O)[C@H]6O)[C@H](O)[C@H]5O)CC[C@]4(C)[C@H]3CC[C@]12C)C(C)C. The summed E-state index contributed by atoms with van der Waals surface area (Å²) in [7, 11) is 0. The summed E-state index contributed by atoms with van der Waals surface area (Å²) in [6.45, 7) is 12.5.